The Labute approximate surface area is 115 Å². The van der Waals surface area contributed by atoms with E-state index in [1.807, 2.05) is 32.0 Å². The molecular formula is C13H22ClN3O. The largest absolute Gasteiger partial charge is 0.344 e. The fraction of sp³-hybridized carbons (Fsp3) is 0.538. The summed E-state index contributed by atoms with van der Waals surface area (Å²) in [6, 6.07) is 5.38. The molecule has 0 aromatic carbocycles. The zero-order chi connectivity index (χ0) is 12.8. The molecule has 0 radical (unpaired) electrons. The van der Waals surface area contributed by atoms with Crippen LogP contribution in [-0.2, 0) is 11.2 Å². The van der Waals surface area contributed by atoms with Crippen molar-refractivity contribution < 1.29 is 4.79 Å². The number of aromatic nitrogens is 1. The Kier molecular flexibility index (Phi) is 7.55. The first-order chi connectivity index (χ1) is 8.02. The highest BCUT2D eigenvalue weighted by atomic mass is 35.5. The monoisotopic (exact) mass is 271 g/mol. The van der Waals surface area contributed by atoms with Crippen molar-refractivity contribution in [2.45, 2.75) is 26.3 Å². The van der Waals surface area contributed by atoms with E-state index in [0.717, 1.165) is 12.1 Å². The Morgan fingerprint density at radius 3 is 2.61 bits per heavy atom. The molecule has 0 saturated heterocycles. The van der Waals surface area contributed by atoms with Crippen molar-refractivity contribution in [3.05, 3.63) is 30.1 Å². The van der Waals surface area contributed by atoms with Gasteiger partial charge in [-0.05, 0) is 18.1 Å². The minimum Gasteiger partial charge on any atom is -0.344 e. The highest BCUT2D eigenvalue weighted by Crippen LogP contribution is 2.03. The predicted molar refractivity (Wildman–Crippen MR) is 75.6 cm³/mol. The summed E-state index contributed by atoms with van der Waals surface area (Å²) in [6.45, 7) is 4.56. The van der Waals surface area contributed by atoms with Crippen LogP contribution in [0.1, 0.15) is 19.5 Å². The standard InChI is InChI=1S/C13H21N3O.ClH/c1-10(2)12(14)13(17)16(3)9-7-11-6-4-5-8-15-11;/h4-6,8,10,12H,7,9,14H2,1-3H3;1H/t12-;/m0./s1. The Morgan fingerprint density at radius 1 is 1.44 bits per heavy atom. The Hall–Kier alpha value is -1.13. The highest BCUT2D eigenvalue weighted by molar-refractivity contribution is 5.85. The lowest BCUT2D eigenvalue weighted by atomic mass is 10.0. The Balaban J connectivity index is 0.00000289. The Bertz CT molecular complexity index is 357. The number of carbonyl (C=O) groups is 1. The van der Waals surface area contributed by atoms with E-state index in [2.05, 4.69) is 4.98 Å². The third-order valence-electron chi connectivity index (χ3n) is 2.81. The summed E-state index contributed by atoms with van der Waals surface area (Å²) in [7, 11) is 1.79. The van der Waals surface area contributed by atoms with Gasteiger partial charge in [0.2, 0.25) is 5.91 Å². The second-order valence-corrected chi connectivity index (χ2v) is 4.60. The molecule has 0 aliphatic carbocycles. The van der Waals surface area contributed by atoms with Gasteiger partial charge in [0.1, 0.15) is 0 Å². The molecular weight excluding hydrogens is 250 g/mol. The minimum absolute atomic E-state index is 0. The molecule has 18 heavy (non-hydrogen) atoms. The molecule has 102 valence electrons. The number of amides is 1. The average Bonchev–Trinajstić information content (AvgIpc) is 2.35. The van der Waals surface area contributed by atoms with E-state index in [1.165, 1.54) is 0 Å². The van der Waals surface area contributed by atoms with Crippen molar-refractivity contribution >= 4 is 18.3 Å². The van der Waals surface area contributed by atoms with Gasteiger partial charge in [-0.1, -0.05) is 19.9 Å². The second-order valence-electron chi connectivity index (χ2n) is 4.60. The van der Waals surface area contributed by atoms with Crippen LogP contribution < -0.4 is 5.73 Å². The first-order valence-electron chi connectivity index (χ1n) is 5.93. The normalized spacial score (nSPS) is 11.8. The van der Waals surface area contributed by atoms with Crippen molar-refractivity contribution in [2.24, 2.45) is 11.7 Å². The molecule has 0 aliphatic heterocycles. The van der Waals surface area contributed by atoms with Crippen molar-refractivity contribution in [2.75, 3.05) is 13.6 Å². The second kappa shape index (κ2) is 8.06. The molecule has 1 heterocycles. The van der Waals surface area contributed by atoms with Gasteiger partial charge in [0.25, 0.3) is 0 Å². The number of likely N-dealkylation sites (N-methyl/N-ethyl adjacent to an activating group) is 1. The fourth-order valence-corrected chi connectivity index (χ4v) is 1.48. The fourth-order valence-electron chi connectivity index (χ4n) is 1.48. The maximum Gasteiger partial charge on any atom is 0.239 e. The molecule has 1 aromatic rings. The van der Waals surface area contributed by atoms with Crippen molar-refractivity contribution in [1.82, 2.24) is 9.88 Å². The summed E-state index contributed by atoms with van der Waals surface area (Å²) in [5.41, 5.74) is 6.81. The van der Waals surface area contributed by atoms with Gasteiger partial charge in [-0.15, -0.1) is 12.4 Å². The SMILES string of the molecule is CC(C)[C@H](N)C(=O)N(C)CCc1ccccn1.Cl. The third kappa shape index (κ3) is 5.02. The quantitative estimate of drug-likeness (QED) is 0.883. The lowest BCUT2D eigenvalue weighted by Gasteiger charge is -2.23. The van der Waals surface area contributed by atoms with Crippen LogP contribution in [0.25, 0.3) is 0 Å². The van der Waals surface area contributed by atoms with Gasteiger partial charge >= 0.3 is 0 Å². The number of rotatable bonds is 5. The molecule has 1 rings (SSSR count). The molecule has 0 unspecified atom stereocenters. The molecule has 0 saturated carbocycles. The van der Waals surface area contributed by atoms with E-state index in [-0.39, 0.29) is 24.2 Å². The molecule has 1 atom stereocenters. The van der Waals surface area contributed by atoms with Gasteiger partial charge < -0.3 is 10.6 Å². The van der Waals surface area contributed by atoms with Gasteiger partial charge in [-0.3, -0.25) is 9.78 Å². The van der Waals surface area contributed by atoms with Crippen LogP contribution in [0, 0.1) is 5.92 Å². The smallest absolute Gasteiger partial charge is 0.239 e. The molecule has 0 bridgehead atoms. The van der Waals surface area contributed by atoms with Crippen LogP contribution in [0.2, 0.25) is 0 Å². The van der Waals surface area contributed by atoms with Crippen LogP contribution in [0.3, 0.4) is 0 Å². The van der Waals surface area contributed by atoms with Gasteiger partial charge in [-0.25, -0.2) is 0 Å². The van der Waals surface area contributed by atoms with Gasteiger partial charge in [0.15, 0.2) is 0 Å². The number of hydrogen-bond acceptors (Lipinski definition) is 3. The zero-order valence-corrected chi connectivity index (χ0v) is 12.0. The summed E-state index contributed by atoms with van der Waals surface area (Å²) in [6.07, 6.45) is 2.52. The van der Waals surface area contributed by atoms with Crippen molar-refractivity contribution in [3.63, 3.8) is 0 Å². The van der Waals surface area contributed by atoms with E-state index < -0.39 is 6.04 Å². The minimum atomic E-state index is -0.413. The number of hydrogen-bond donors (Lipinski definition) is 1. The van der Waals surface area contributed by atoms with Crippen LogP contribution in [0.15, 0.2) is 24.4 Å². The molecule has 0 aliphatic rings. The molecule has 0 spiro atoms. The first-order valence-corrected chi connectivity index (χ1v) is 5.93. The van der Waals surface area contributed by atoms with Gasteiger partial charge in [0, 0.05) is 31.9 Å². The van der Waals surface area contributed by atoms with Crippen LogP contribution >= 0.6 is 12.4 Å². The van der Waals surface area contributed by atoms with Crippen molar-refractivity contribution in [3.8, 4) is 0 Å². The van der Waals surface area contributed by atoms with Crippen LogP contribution in [0.5, 0.6) is 0 Å². The topological polar surface area (TPSA) is 59.2 Å². The first kappa shape index (κ1) is 16.9. The summed E-state index contributed by atoms with van der Waals surface area (Å²) in [5, 5.41) is 0. The van der Waals surface area contributed by atoms with Crippen LogP contribution in [-0.4, -0.2) is 35.4 Å². The predicted octanol–water partition coefficient (Wildman–Crippen LogP) is 1.49. The Morgan fingerprint density at radius 2 is 2.11 bits per heavy atom. The highest BCUT2D eigenvalue weighted by Gasteiger charge is 2.20. The summed E-state index contributed by atoms with van der Waals surface area (Å²) < 4.78 is 0. The summed E-state index contributed by atoms with van der Waals surface area (Å²) in [4.78, 5) is 17.8. The number of halogens is 1. The lowest BCUT2D eigenvalue weighted by Crippen LogP contribution is -2.45. The van der Waals surface area contributed by atoms with E-state index in [4.69, 9.17) is 5.73 Å². The lowest BCUT2D eigenvalue weighted by molar-refractivity contribution is -0.132. The van der Waals surface area contributed by atoms with Gasteiger partial charge in [-0.2, -0.15) is 0 Å². The number of carbonyl (C=O) groups excluding carboxylic acids is 1. The van der Waals surface area contributed by atoms with E-state index in [1.54, 1.807) is 18.1 Å². The average molecular weight is 272 g/mol. The maximum absolute atomic E-state index is 11.9. The summed E-state index contributed by atoms with van der Waals surface area (Å²) >= 11 is 0. The maximum atomic E-state index is 11.9. The van der Waals surface area contributed by atoms with E-state index >= 15 is 0 Å². The number of pyridine rings is 1. The molecule has 1 aromatic heterocycles. The summed E-state index contributed by atoms with van der Waals surface area (Å²) in [5.74, 6) is 0.163. The molecule has 1 amide bonds. The zero-order valence-electron chi connectivity index (χ0n) is 11.2. The molecule has 0 fully saturated rings. The van der Waals surface area contributed by atoms with Gasteiger partial charge in [0.05, 0.1) is 6.04 Å². The molecule has 5 heteroatoms. The third-order valence-corrected chi connectivity index (χ3v) is 2.81. The number of nitrogens with zero attached hydrogens (tertiary/aromatic N) is 2. The molecule has 2 N–H and O–H groups in total. The van der Waals surface area contributed by atoms with E-state index in [0.29, 0.717) is 6.54 Å². The van der Waals surface area contributed by atoms with Crippen LogP contribution in [0.4, 0.5) is 0 Å². The van der Waals surface area contributed by atoms with Crippen molar-refractivity contribution in [1.29, 1.82) is 0 Å². The van der Waals surface area contributed by atoms with E-state index in [9.17, 15) is 4.79 Å². The molecule has 4 nitrogen and oxygen atoms in total. The number of nitrogens with two attached hydrogens (primary N) is 1.